The summed E-state index contributed by atoms with van der Waals surface area (Å²) in [6.07, 6.45) is 2.93. The maximum absolute atomic E-state index is 8.94. The molecule has 4 atom stereocenters. The number of hydrogen-bond donors (Lipinski definition) is 5. The first-order valence-electron chi connectivity index (χ1n) is 8.66. The number of nitrogens with one attached hydrogen (secondary N) is 1. The van der Waals surface area contributed by atoms with E-state index >= 15 is 0 Å². The monoisotopic (exact) mass is 358 g/mol. The van der Waals surface area contributed by atoms with E-state index in [2.05, 4.69) is 35.2 Å². The molecule has 11 heteroatoms. The predicted molar refractivity (Wildman–Crippen MR) is 94.8 cm³/mol. The van der Waals surface area contributed by atoms with Crippen molar-refractivity contribution in [2.24, 2.45) is 11.8 Å². The van der Waals surface area contributed by atoms with Crippen LogP contribution in [0.4, 0.5) is 23.8 Å². The van der Waals surface area contributed by atoms with Gasteiger partial charge in [-0.15, -0.1) is 0 Å². The molecule has 2 aliphatic carbocycles. The number of anilines is 4. The lowest BCUT2D eigenvalue weighted by molar-refractivity contribution is 0.310. The van der Waals surface area contributed by atoms with Gasteiger partial charge < -0.3 is 27.6 Å². The Balaban J connectivity index is 1.52. The van der Waals surface area contributed by atoms with Gasteiger partial charge in [0.1, 0.15) is 11.6 Å². The molecule has 0 aromatic carbocycles. The van der Waals surface area contributed by atoms with E-state index in [4.69, 9.17) is 22.3 Å². The van der Waals surface area contributed by atoms with Crippen molar-refractivity contribution in [3.05, 3.63) is 11.6 Å². The predicted octanol–water partition coefficient (Wildman–Crippen LogP) is -0.495. The summed E-state index contributed by atoms with van der Waals surface area (Å²) in [5.74, 6) is 3.62. The van der Waals surface area contributed by atoms with Gasteiger partial charge in [0.15, 0.2) is 0 Å². The normalized spacial score (nSPS) is 27.0. The van der Waals surface area contributed by atoms with Crippen molar-refractivity contribution in [3.8, 4) is 0 Å². The molecule has 2 saturated carbocycles. The Bertz CT molecular complexity index is 795. The number of nitrogen functional groups attached to an aromatic ring is 3. The molecule has 138 valence electrons. The van der Waals surface area contributed by atoms with Crippen LogP contribution in [-0.2, 0) is 0 Å². The van der Waals surface area contributed by atoms with E-state index in [0.29, 0.717) is 36.0 Å². The lowest BCUT2D eigenvalue weighted by Crippen LogP contribution is -2.21. The van der Waals surface area contributed by atoms with Crippen LogP contribution in [0, 0.1) is 11.8 Å². The molecule has 4 unspecified atom stereocenters. The SMILES string of the molecule is Nc1nc(N)nc(C2CC3CC2CC3c2nc(N)nc(NCCO)n2)n1. The molecule has 2 fully saturated rings. The van der Waals surface area contributed by atoms with Gasteiger partial charge in [0.05, 0.1) is 6.61 Å². The summed E-state index contributed by atoms with van der Waals surface area (Å²) < 4.78 is 0. The summed E-state index contributed by atoms with van der Waals surface area (Å²) in [5.41, 5.74) is 17.2. The van der Waals surface area contributed by atoms with Gasteiger partial charge in [0, 0.05) is 18.4 Å². The molecule has 0 radical (unpaired) electrons. The summed E-state index contributed by atoms with van der Waals surface area (Å²) in [6, 6.07) is 0. The summed E-state index contributed by atoms with van der Waals surface area (Å²) in [6.45, 7) is 0.360. The van der Waals surface area contributed by atoms with E-state index in [0.717, 1.165) is 19.3 Å². The highest BCUT2D eigenvalue weighted by molar-refractivity contribution is 5.33. The Morgan fingerprint density at radius 3 is 1.85 bits per heavy atom. The van der Waals surface area contributed by atoms with Gasteiger partial charge in [-0.1, -0.05) is 0 Å². The Labute approximate surface area is 149 Å². The van der Waals surface area contributed by atoms with Gasteiger partial charge in [-0.3, -0.25) is 0 Å². The molecule has 0 amide bonds. The van der Waals surface area contributed by atoms with Gasteiger partial charge in [0.2, 0.25) is 23.8 Å². The molecule has 0 saturated heterocycles. The van der Waals surface area contributed by atoms with E-state index in [1.165, 1.54) is 0 Å². The van der Waals surface area contributed by atoms with Crippen molar-refractivity contribution >= 4 is 23.8 Å². The first-order valence-corrected chi connectivity index (χ1v) is 8.66. The molecule has 2 aromatic rings. The van der Waals surface area contributed by atoms with E-state index in [-0.39, 0.29) is 36.3 Å². The number of aliphatic hydroxyl groups excluding tert-OH is 1. The quantitative estimate of drug-likeness (QED) is 0.463. The lowest BCUT2D eigenvalue weighted by atomic mass is 9.81. The molecule has 0 aliphatic heterocycles. The number of aliphatic hydroxyl groups is 1. The zero-order chi connectivity index (χ0) is 18.3. The van der Waals surface area contributed by atoms with Crippen LogP contribution in [0.3, 0.4) is 0 Å². The molecule has 2 aromatic heterocycles. The summed E-state index contributed by atoms with van der Waals surface area (Å²) >= 11 is 0. The molecule has 2 aliphatic rings. The molecule has 8 N–H and O–H groups in total. The Morgan fingerprint density at radius 2 is 1.31 bits per heavy atom. The topological polar surface area (TPSA) is 188 Å². The first kappa shape index (κ1) is 16.6. The van der Waals surface area contributed by atoms with Crippen LogP contribution >= 0.6 is 0 Å². The third-order valence-electron chi connectivity index (χ3n) is 5.27. The van der Waals surface area contributed by atoms with Gasteiger partial charge in [-0.25, -0.2) is 0 Å². The summed E-state index contributed by atoms with van der Waals surface area (Å²) in [5, 5.41) is 11.9. The van der Waals surface area contributed by atoms with Gasteiger partial charge in [0.25, 0.3) is 0 Å². The lowest BCUT2D eigenvalue weighted by Gasteiger charge is -2.26. The minimum Gasteiger partial charge on any atom is -0.395 e. The van der Waals surface area contributed by atoms with Crippen LogP contribution in [0.25, 0.3) is 0 Å². The average Bonchev–Trinajstić information content (AvgIpc) is 3.19. The van der Waals surface area contributed by atoms with Crippen LogP contribution in [0.2, 0.25) is 0 Å². The zero-order valence-electron chi connectivity index (χ0n) is 14.2. The molecular weight excluding hydrogens is 336 g/mol. The van der Waals surface area contributed by atoms with Crippen LogP contribution in [0.1, 0.15) is 42.7 Å². The number of aromatic nitrogens is 6. The highest BCUT2D eigenvalue weighted by atomic mass is 16.3. The third kappa shape index (κ3) is 3.05. The Hall–Kier alpha value is -2.82. The van der Waals surface area contributed by atoms with Crippen LogP contribution < -0.4 is 22.5 Å². The average molecular weight is 358 g/mol. The number of nitrogens with two attached hydrogens (primary N) is 3. The fraction of sp³-hybridized carbons (Fsp3) is 0.600. The fourth-order valence-electron chi connectivity index (χ4n) is 4.32. The second-order valence-corrected chi connectivity index (χ2v) is 6.88. The first-order chi connectivity index (χ1) is 12.5. The van der Waals surface area contributed by atoms with Gasteiger partial charge in [-0.05, 0) is 31.1 Å². The number of nitrogens with zero attached hydrogens (tertiary/aromatic N) is 6. The van der Waals surface area contributed by atoms with Crippen molar-refractivity contribution in [1.82, 2.24) is 29.9 Å². The van der Waals surface area contributed by atoms with E-state index in [9.17, 15) is 0 Å². The third-order valence-corrected chi connectivity index (χ3v) is 5.27. The van der Waals surface area contributed by atoms with Crippen LogP contribution in [-0.4, -0.2) is 48.2 Å². The highest BCUT2D eigenvalue weighted by Crippen LogP contribution is 2.58. The molecule has 2 heterocycles. The number of hydrogen-bond acceptors (Lipinski definition) is 11. The maximum atomic E-state index is 8.94. The summed E-state index contributed by atoms with van der Waals surface area (Å²) in [4.78, 5) is 25.3. The highest BCUT2D eigenvalue weighted by Gasteiger charge is 2.49. The molecule has 26 heavy (non-hydrogen) atoms. The Kier molecular flexibility index (Phi) is 4.15. The minimum absolute atomic E-state index is 0.00504. The van der Waals surface area contributed by atoms with Crippen molar-refractivity contribution in [3.63, 3.8) is 0 Å². The number of fused-ring (bicyclic) bond motifs is 2. The molecule has 4 rings (SSSR count). The van der Waals surface area contributed by atoms with Gasteiger partial charge >= 0.3 is 0 Å². The van der Waals surface area contributed by atoms with Crippen molar-refractivity contribution in [1.29, 1.82) is 0 Å². The maximum Gasteiger partial charge on any atom is 0.227 e. The molecular formula is C15H22N10O. The second-order valence-electron chi connectivity index (χ2n) is 6.88. The van der Waals surface area contributed by atoms with Crippen LogP contribution in [0.15, 0.2) is 0 Å². The molecule has 2 bridgehead atoms. The second kappa shape index (κ2) is 6.48. The largest absolute Gasteiger partial charge is 0.395 e. The molecule has 11 nitrogen and oxygen atoms in total. The summed E-state index contributed by atoms with van der Waals surface area (Å²) in [7, 11) is 0. The van der Waals surface area contributed by atoms with Crippen molar-refractivity contribution in [2.75, 3.05) is 35.7 Å². The minimum atomic E-state index is -0.00504. The van der Waals surface area contributed by atoms with Crippen molar-refractivity contribution < 1.29 is 5.11 Å². The van der Waals surface area contributed by atoms with Crippen molar-refractivity contribution in [2.45, 2.75) is 31.1 Å². The van der Waals surface area contributed by atoms with E-state index in [1.54, 1.807) is 0 Å². The van der Waals surface area contributed by atoms with E-state index < -0.39 is 0 Å². The smallest absolute Gasteiger partial charge is 0.227 e. The molecule has 0 spiro atoms. The standard InChI is InChI=1S/C15H22N10O/c16-12-20-10(21-13(17)24-12)8-4-7-3-6(8)5-9(7)11-22-14(18)25-15(23-11)19-1-2-26/h6-9,26H,1-5H2,(H4,16,17,20,21,24)(H3,18,19,22,23,25). The van der Waals surface area contributed by atoms with E-state index in [1.807, 2.05) is 0 Å². The van der Waals surface area contributed by atoms with Gasteiger partial charge in [-0.2, -0.15) is 29.9 Å². The zero-order valence-corrected chi connectivity index (χ0v) is 14.2. The Morgan fingerprint density at radius 1 is 0.769 bits per heavy atom. The fourth-order valence-corrected chi connectivity index (χ4v) is 4.32. The van der Waals surface area contributed by atoms with Crippen LogP contribution in [0.5, 0.6) is 0 Å². The number of rotatable bonds is 5.